The number of esters is 1. The zero-order valence-corrected chi connectivity index (χ0v) is 22.4. The summed E-state index contributed by atoms with van der Waals surface area (Å²) in [5.41, 5.74) is 0.680. The highest BCUT2D eigenvalue weighted by Crippen LogP contribution is 2.71. The van der Waals surface area contributed by atoms with Crippen LogP contribution < -0.4 is 9.64 Å². The molecule has 3 saturated heterocycles. The third kappa shape index (κ3) is 4.56. The molecular weight excluding hydrogens is 492 g/mol. The molecule has 2 bridgehead atoms. The van der Waals surface area contributed by atoms with E-state index in [1.165, 1.54) is 6.08 Å². The largest absolute Gasteiger partial charge is 0.497 e. The van der Waals surface area contributed by atoms with Gasteiger partial charge in [-0.15, -0.1) is 18.3 Å². The molecule has 0 aliphatic carbocycles. The maximum Gasteiger partial charge on any atom is 0.311 e. The molecule has 3 aliphatic heterocycles. The predicted molar refractivity (Wildman–Crippen MR) is 143 cm³/mol. The summed E-state index contributed by atoms with van der Waals surface area (Å²) in [5.74, 6) is -1.38. The van der Waals surface area contributed by atoms with Crippen LogP contribution in [-0.2, 0) is 19.1 Å². The van der Waals surface area contributed by atoms with Crippen LogP contribution in [0.15, 0.2) is 49.6 Å². The number of carbonyl (C=O) groups excluding carboxylic acids is 3. The van der Waals surface area contributed by atoms with Crippen LogP contribution in [0.5, 0.6) is 5.75 Å². The van der Waals surface area contributed by atoms with Crippen molar-refractivity contribution >= 4 is 35.2 Å². The number of hydrogen-bond acceptors (Lipinski definition) is 7. The Kier molecular flexibility index (Phi) is 8.04. The first kappa shape index (κ1) is 27.3. The number of thioether (sulfide) groups is 1. The molecule has 200 valence electrons. The van der Waals surface area contributed by atoms with E-state index in [2.05, 4.69) is 13.2 Å². The highest BCUT2D eigenvalue weighted by atomic mass is 32.2. The van der Waals surface area contributed by atoms with Crippen molar-refractivity contribution in [3.8, 4) is 5.75 Å². The molecule has 1 N–H and O–H groups in total. The number of nitrogens with zero attached hydrogens (tertiary/aromatic N) is 2. The Hall–Kier alpha value is -2.78. The number of hydrogen-bond donors (Lipinski definition) is 1. The maximum absolute atomic E-state index is 14.4. The molecule has 37 heavy (non-hydrogen) atoms. The number of amides is 2. The average molecular weight is 529 g/mol. The molecule has 3 heterocycles. The Morgan fingerprint density at radius 2 is 1.95 bits per heavy atom. The quantitative estimate of drug-likeness (QED) is 0.253. The number of methoxy groups -OCH3 is 1. The number of aliphatic hydroxyl groups excluding tert-OH is 1. The van der Waals surface area contributed by atoms with Gasteiger partial charge in [0.05, 0.1) is 23.7 Å². The summed E-state index contributed by atoms with van der Waals surface area (Å²) in [6.07, 6.45) is 5.64. The Balaban J connectivity index is 1.75. The second kappa shape index (κ2) is 10.9. The van der Waals surface area contributed by atoms with Crippen LogP contribution in [-0.4, -0.2) is 76.7 Å². The standard InChI is InChI=1S/C28H36N2O6S/c1-5-15-29(19-9-11-20(35-4)12-10-19)25(33)23-28-14-13-27(3,37-28)22(26(34)36-18-6-2)21(28)24(32)30(23)16-7-8-17-31/h5-6,9-12,21-23,31H,1-2,7-8,13-18H2,3-4H3/t21-,22-,23?,27+,28?/m0/s1. The lowest BCUT2D eigenvalue weighted by atomic mass is 9.66. The SMILES string of the molecule is C=CCOC(=O)[C@@H]1[C@H]2C(=O)N(CCCCO)C(C(=O)N(CC=C)c3ccc(OC)cc3)C23CC[C@@]1(C)S3. The Labute approximate surface area is 222 Å². The minimum absolute atomic E-state index is 0.00692. The first-order chi connectivity index (χ1) is 17.8. The van der Waals surface area contributed by atoms with Crippen molar-refractivity contribution < 1.29 is 29.0 Å². The van der Waals surface area contributed by atoms with Gasteiger partial charge in [0, 0.05) is 30.1 Å². The Morgan fingerprint density at radius 3 is 2.57 bits per heavy atom. The van der Waals surface area contributed by atoms with Crippen molar-refractivity contribution in [1.29, 1.82) is 0 Å². The van der Waals surface area contributed by atoms with Crippen molar-refractivity contribution in [3.05, 3.63) is 49.6 Å². The number of benzene rings is 1. The first-order valence-electron chi connectivity index (χ1n) is 12.7. The normalized spacial score (nSPS) is 29.6. The van der Waals surface area contributed by atoms with Crippen LogP contribution in [0.4, 0.5) is 5.69 Å². The molecule has 0 aromatic heterocycles. The molecule has 9 heteroatoms. The molecule has 1 aromatic carbocycles. The van der Waals surface area contributed by atoms with Gasteiger partial charge in [-0.2, -0.15) is 0 Å². The fourth-order valence-electron chi connectivity index (χ4n) is 6.29. The molecule has 3 fully saturated rings. The second-order valence-electron chi connectivity index (χ2n) is 10.0. The lowest BCUT2D eigenvalue weighted by Gasteiger charge is -2.37. The van der Waals surface area contributed by atoms with Crippen molar-refractivity contribution in [2.24, 2.45) is 11.8 Å². The maximum atomic E-state index is 14.4. The van der Waals surface area contributed by atoms with Gasteiger partial charge in [-0.25, -0.2) is 0 Å². The number of unbranched alkanes of at least 4 members (excludes halogenated alkanes) is 1. The Bertz CT molecular complexity index is 1060. The summed E-state index contributed by atoms with van der Waals surface area (Å²) in [6.45, 7) is 10.2. The molecule has 3 aliphatic rings. The molecule has 1 aromatic rings. The molecule has 2 unspecified atom stereocenters. The van der Waals surface area contributed by atoms with Gasteiger partial charge in [-0.05, 0) is 56.9 Å². The van der Waals surface area contributed by atoms with Gasteiger partial charge >= 0.3 is 5.97 Å². The monoisotopic (exact) mass is 528 g/mol. The minimum Gasteiger partial charge on any atom is -0.497 e. The van der Waals surface area contributed by atoms with E-state index in [0.717, 1.165) is 0 Å². The van der Waals surface area contributed by atoms with E-state index in [1.807, 2.05) is 19.1 Å². The van der Waals surface area contributed by atoms with Gasteiger partial charge in [0.2, 0.25) is 5.91 Å². The van der Waals surface area contributed by atoms with Crippen LogP contribution in [0, 0.1) is 11.8 Å². The van der Waals surface area contributed by atoms with Gasteiger partial charge in [0.25, 0.3) is 5.91 Å². The van der Waals surface area contributed by atoms with Crippen molar-refractivity contribution in [2.75, 3.05) is 38.3 Å². The number of likely N-dealkylation sites (tertiary alicyclic amines) is 1. The fraction of sp³-hybridized carbons (Fsp3) is 0.536. The predicted octanol–water partition coefficient (Wildman–Crippen LogP) is 3.20. The molecular formula is C28H36N2O6S. The third-order valence-electron chi connectivity index (χ3n) is 7.88. The number of rotatable bonds is 12. The van der Waals surface area contributed by atoms with Gasteiger partial charge in [0.15, 0.2) is 0 Å². The smallest absolute Gasteiger partial charge is 0.311 e. The van der Waals surface area contributed by atoms with E-state index >= 15 is 0 Å². The highest BCUT2D eigenvalue weighted by Gasteiger charge is 2.77. The lowest BCUT2D eigenvalue weighted by Crippen LogP contribution is -2.55. The second-order valence-corrected chi connectivity index (χ2v) is 11.9. The number of carbonyl (C=O) groups is 3. The van der Waals surface area contributed by atoms with E-state index in [1.54, 1.807) is 46.9 Å². The van der Waals surface area contributed by atoms with E-state index in [-0.39, 0.29) is 31.6 Å². The minimum atomic E-state index is -0.741. The van der Waals surface area contributed by atoms with Gasteiger partial charge in [-0.3, -0.25) is 14.4 Å². The van der Waals surface area contributed by atoms with Crippen molar-refractivity contribution in [1.82, 2.24) is 4.90 Å². The summed E-state index contributed by atoms with van der Waals surface area (Å²) < 4.78 is 9.51. The van der Waals surface area contributed by atoms with E-state index in [9.17, 15) is 19.5 Å². The number of ether oxygens (including phenoxy) is 2. The number of anilines is 1. The molecule has 4 rings (SSSR count). The topological polar surface area (TPSA) is 96.4 Å². The molecule has 1 spiro atoms. The van der Waals surface area contributed by atoms with E-state index in [0.29, 0.717) is 43.7 Å². The lowest BCUT2D eigenvalue weighted by molar-refractivity contribution is -0.154. The molecule has 8 nitrogen and oxygen atoms in total. The summed E-state index contributed by atoms with van der Waals surface area (Å²) in [7, 11) is 1.58. The average Bonchev–Trinajstić information content (AvgIpc) is 3.46. The number of fused-ring (bicyclic) bond motifs is 1. The summed E-state index contributed by atoms with van der Waals surface area (Å²) >= 11 is 1.61. The molecule has 0 saturated carbocycles. The van der Waals surface area contributed by atoms with Gasteiger partial charge in [0.1, 0.15) is 18.4 Å². The summed E-state index contributed by atoms with van der Waals surface area (Å²) in [5, 5.41) is 9.35. The van der Waals surface area contributed by atoms with Crippen LogP contribution in [0.1, 0.15) is 32.6 Å². The zero-order valence-electron chi connectivity index (χ0n) is 21.6. The Morgan fingerprint density at radius 1 is 1.22 bits per heavy atom. The zero-order chi connectivity index (χ0) is 26.8. The van der Waals surface area contributed by atoms with Crippen LogP contribution in [0.3, 0.4) is 0 Å². The van der Waals surface area contributed by atoms with Gasteiger partial charge < -0.3 is 24.4 Å². The third-order valence-corrected chi connectivity index (χ3v) is 9.86. The van der Waals surface area contributed by atoms with Gasteiger partial charge in [-0.1, -0.05) is 18.7 Å². The molecule has 2 amide bonds. The van der Waals surface area contributed by atoms with Crippen molar-refractivity contribution in [2.45, 2.75) is 48.1 Å². The summed E-state index contributed by atoms with van der Waals surface area (Å²) in [4.78, 5) is 45.0. The highest BCUT2D eigenvalue weighted by molar-refractivity contribution is 8.02. The van der Waals surface area contributed by atoms with E-state index in [4.69, 9.17) is 9.47 Å². The van der Waals surface area contributed by atoms with E-state index < -0.39 is 33.3 Å². The molecule has 0 radical (unpaired) electrons. The van der Waals surface area contributed by atoms with Crippen molar-refractivity contribution in [3.63, 3.8) is 0 Å². The molecule has 5 atom stereocenters. The fourth-order valence-corrected chi connectivity index (χ4v) is 8.63. The summed E-state index contributed by atoms with van der Waals surface area (Å²) in [6, 6.07) is 6.48. The van der Waals surface area contributed by atoms with Crippen LogP contribution in [0.25, 0.3) is 0 Å². The van der Waals surface area contributed by atoms with Crippen LogP contribution in [0.2, 0.25) is 0 Å². The van der Waals surface area contributed by atoms with Crippen LogP contribution >= 0.6 is 11.8 Å². The first-order valence-corrected chi connectivity index (χ1v) is 13.5. The number of aliphatic hydroxyl groups is 1.